The number of carbonyl (C=O) groups excluding carboxylic acids is 1. The minimum Gasteiger partial charge on any atom is -0.430 e. The quantitative estimate of drug-likeness (QED) is 0.239. The van der Waals surface area contributed by atoms with Gasteiger partial charge in [-0.15, -0.1) is 0 Å². The minimum atomic E-state index is -3.88. The van der Waals surface area contributed by atoms with E-state index in [4.69, 9.17) is 18.2 Å². The van der Waals surface area contributed by atoms with Crippen LogP contribution in [-0.2, 0) is 47.5 Å². The molecule has 0 aliphatic carbocycles. The van der Waals surface area contributed by atoms with Crippen molar-refractivity contribution in [2.45, 2.75) is 31.5 Å². The molecule has 0 spiro atoms. The highest BCUT2D eigenvalue weighted by molar-refractivity contribution is 7.87. The predicted molar refractivity (Wildman–Crippen MR) is 81.8 cm³/mol. The van der Waals surface area contributed by atoms with Crippen LogP contribution in [0.3, 0.4) is 0 Å². The van der Waals surface area contributed by atoms with Crippen LogP contribution in [0.5, 0.6) is 0 Å². The summed E-state index contributed by atoms with van der Waals surface area (Å²) in [6.45, 7) is -2.13. The molecule has 12 nitrogen and oxygen atoms in total. The molecule has 152 valence electrons. The Balaban J connectivity index is 1.59. The van der Waals surface area contributed by atoms with E-state index in [1.165, 1.54) is 0 Å². The monoisotopic (exact) mass is 420 g/mol. The Morgan fingerprint density at radius 3 is 2.00 bits per heavy atom. The Bertz CT molecular complexity index is 672. The Labute approximate surface area is 150 Å². The first kappa shape index (κ1) is 21.3. The lowest BCUT2D eigenvalue weighted by molar-refractivity contribution is -0.205. The van der Waals surface area contributed by atoms with Gasteiger partial charge in [0.1, 0.15) is 19.3 Å². The number of unbranched alkanes of at least 4 members (excludes halogenated alkanes) is 1. The molecule has 0 radical (unpaired) electrons. The van der Waals surface area contributed by atoms with E-state index >= 15 is 0 Å². The molecule has 2 heterocycles. The fourth-order valence-electron chi connectivity index (χ4n) is 2.00. The van der Waals surface area contributed by atoms with Gasteiger partial charge in [-0.25, -0.2) is 4.79 Å². The number of aliphatic hydroxyl groups excluding tert-OH is 1. The third kappa shape index (κ3) is 7.69. The van der Waals surface area contributed by atoms with Crippen molar-refractivity contribution in [3.05, 3.63) is 0 Å². The third-order valence-corrected chi connectivity index (χ3v) is 5.86. The lowest BCUT2D eigenvalue weighted by Gasteiger charge is -2.10. The van der Waals surface area contributed by atoms with Gasteiger partial charge in [-0.05, 0) is 12.8 Å². The summed E-state index contributed by atoms with van der Waals surface area (Å²) in [5, 5.41) is 8.95. The van der Waals surface area contributed by atoms with Gasteiger partial charge >= 0.3 is 6.16 Å². The first-order valence-corrected chi connectivity index (χ1v) is 10.8. The predicted octanol–water partition coefficient (Wildman–Crippen LogP) is -1.31. The molecule has 2 fully saturated rings. The van der Waals surface area contributed by atoms with Crippen LogP contribution < -0.4 is 0 Å². The normalized spacial score (nSPS) is 26.7. The largest absolute Gasteiger partial charge is 0.508 e. The summed E-state index contributed by atoms with van der Waals surface area (Å²) in [5.74, 6) is -0.775. The Hall–Kier alpha value is -1.03. The SMILES string of the molecule is O=C1OCC(COS(=O)(=O)CCCCS(=O)(=O)OCC2COC(O)O2)O1. The summed E-state index contributed by atoms with van der Waals surface area (Å²) in [7, 11) is -7.75. The molecule has 2 rings (SSSR count). The van der Waals surface area contributed by atoms with E-state index < -0.39 is 50.8 Å². The molecule has 0 saturated carbocycles. The summed E-state index contributed by atoms with van der Waals surface area (Å²) in [6.07, 6.45) is -2.29. The van der Waals surface area contributed by atoms with Gasteiger partial charge in [-0.2, -0.15) is 16.8 Å². The van der Waals surface area contributed by atoms with Gasteiger partial charge < -0.3 is 24.1 Å². The number of rotatable bonds is 11. The van der Waals surface area contributed by atoms with Crippen molar-refractivity contribution in [2.24, 2.45) is 0 Å². The maximum atomic E-state index is 11.7. The number of hydrogen-bond donors (Lipinski definition) is 1. The number of aliphatic hydroxyl groups is 1. The van der Waals surface area contributed by atoms with Crippen molar-refractivity contribution in [3.63, 3.8) is 0 Å². The zero-order valence-electron chi connectivity index (χ0n) is 13.6. The van der Waals surface area contributed by atoms with E-state index in [0.29, 0.717) is 0 Å². The van der Waals surface area contributed by atoms with Gasteiger partial charge in [0.05, 0.1) is 24.7 Å². The molecule has 2 aliphatic heterocycles. The number of carbonyl (C=O) groups is 1. The molecule has 26 heavy (non-hydrogen) atoms. The van der Waals surface area contributed by atoms with Crippen molar-refractivity contribution in [3.8, 4) is 0 Å². The second kappa shape index (κ2) is 9.25. The smallest absolute Gasteiger partial charge is 0.430 e. The van der Waals surface area contributed by atoms with E-state index in [9.17, 15) is 21.6 Å². The molecule has 0 bridgehead atoms. The number of cyclic esters (lactones) is 2. The van der Waals surface area contributed by atoms with Crippen LogP contribution in [0.1, 0.15) is 12.8 Å². The van der Waals surface area contributed by atoms with Gasteiger partial charge in [0.2, 0.25) is 0 Å². The topological polar surface area (TPSA) is 161 Å². The summed E-state index contributed by atoms with van der Waals surface area (Å²) in [5.41, 5.74) is 0. The Morgan fingerprint density at radius 2 is 1.54 bits per heavy atom. The zero-order chi connectivity index (χ0) is 19.2. The molecule has 0 aromatic heterocycles. The first-order valence-electron chi connectivity index (χ1n) is 7.68. The molecule has 0 aromatic rings. The van der Waals surface area contributed by atoms with Crippen LogP contribution in [0.15, 0.2) is 0 Å². The molecule has 0 aromatic carbocycles. The van der Waals surface area contributed by atoms with Gasteiger partial charge in [0.15, 0.2) is 6.10 Å². The highest BCUT2D eigenvalue weighted by atomic mass is 32.2. The maximum Gasteiger partial charge on any atom is 0.508 e. The zero-order valence-corrected chi connectivity index (χ0v) is 15.3. The van der Waals surface area contributed by atoms with Crippen LogP contribution in [0.4, 0.5) is 4.79 Å². The van der Waals surface area contributed by atoms with E-state index in [0.717, 1.165) is 0 Å². The molecule has 0 amide bonds. The third-order valence-electron chi connectivity index (χ3n) is 3.29. The Morgan fingerprint density at radius 1 is 0.962 bits per heavy atom. The standard InChI is InChI=1S/C12H20O12S2/c13-11-19-5-9(23-11)7-21-25(15,16)3-1-2-4-26(17,18)22-8-10-6-20-12(14)24-10/h9-11,13H,1-8H2. The average molecular weight is 420 g/mol. The second-order valence-electron chi connectivity index (χ2n) is 5.50. The van der Waals surface area contributed by atoms with E-state index in [-0.39, 0.29) is 45.0 Å². The van der Waals surface area contributed by atoms with E-state index in [1.807, 2.05) is 0 Å². The minimum absolute atomic E-state index is 0.00755. The Kier molecular flexibility index (Phi) is 7.57. The van der Waals surface area contributed by atoms with Gasteiger partial charge in [0, 0.05) is 0 Å². The molecule has 3 unspecified atom stereocenters. The number of ether oxygens (including phenoxy) is 4. The molecular weight excluding hydrogens is 400 g/mol. The van der Waals surface area contributed by atoms with Gasteiger partial charge in [0.25, 0.3) is 26.7 Å². The maximum absolute atomic E-state index is 11.7. The fraction of sp³-hybridized carbons (Fsp3) is 0.917. The van der Waals surface area contributed by atoms with Crippen molar-refractivity contribution in [1.82, 2.24) is 0 Å². The molecule has 1 N–H and O–H groups in total. The lowest BCUT2D eigenvalue weighted by Crippen LogP contribution is -2.24. The van der Waals surface area contributed by atoms with Crippen molar-refractivity contribution in [1.29, 1.82) is 0 Å². The summed E-state index contributed by atoms with van der Waals surface area (Å²) >= 11 is 0. The highest BCUT2D eigenvalue weighted by Crippen LogP contribution is 2.12. The van der Waals surface area contributed by atoms with Crippen LogP contribution in [0.2, 0.25) is 0 Å². The van der Waals surface area contributed by atoms with Gasteiger partial charge in [-0.3, -0.25) is 8.37 Å². The van der Waals surface area contributed by atoms with Gasteiger partial charge in [-0.1, -0.05) is 0 Å². The van der Waals surface area contributed by atoms with Crippen LogP contribution >= 0.6 is 0 Å². The molecule has 2 aliphatic rings. The van der Waals surface area contributed by atoms with Crippen LogP contribution in [0, 0.1) is 0 Å². The molecule has 2 saturated heterocycles. The van der Waals surface area contributed by atoms with Crippen molar-refractivity contribution < 1.29 is 54.1 Å². The lowest BCUT2D eigenvalue weighted by atomic mass is 10.4. The molecular formula is C12H20O12S2. The van der Waals surface area contributed by atoms with Crippen molar-refractivity contribution in [2.75, 3.05) is 37.9 Å². The van der Waals surface area contributed by atoms with E-state index in [1.54, 1.807) is 0 Å². The highest BCUT2D eigenvalue weighted by Gasteiger charge is 2.28. The molecule has 14 heteroatoms. The van der Waals surface area contributed by atoms with Crippen LogP contribution in [0.25, 0.3) is 0 Å². The number of hydrogen-bond acceptors (Lipinski definition) is 12. The summed E-state index contributed by atoms with van der Waals surface area (Å²) in [6, 6.07) is 0. The average Bonchev–Trinajstić information content (AvgIpc) is 3.16. The summed E-state index contributed by atoms with van der Waals surface area (Å²) in [4.78, 5) is 10.7. The van der Waals surface area contributed by atoms with Crippen LogP contribution in [-0.4, -0.2) is 84.7 Å². The fourth-order valence-corrected chi connectivity index (χ4v) is 4.07. The first-order chi connectivity index (χ1) is 12.2. The second-order valence-corrected chi connectivity index (χ2v) is 9.02. The summed E-state index contributed by atoms with van der Waals surface area (Å²) < 4.78 is 74.8. The molecule has 3 atom stereocenters. The van der Waals surface area contributed by atoms with Crippen molar-refractivity contribution >= 4 is 26.4 Å². The van der Waals surface area contributed by atoms with E-state index in [2.05, 4.69) is 14.2 Å².